The Kier molecular flexibility index (Phi) is 5.42. The highest BCUT2D eigenvalue weighted by Gasteiger charge is 2.28. The molecule has 0 spiro atoms. The number of piperazine rings is 1. The first-order valence-electron chi connectivity index (χ1n) is 9.75. The van der Waals surface area contributed by atoms with E-state index in [0.29, 0.717) is 18.3 Å². The van der Waals surface area contributed by atoms with Gasteiger partial charge in [0.1, 0.15) is 5.82 Å². The predicted octanol–water partition coefficient (Wildman–Crippen LogP) is 2.03. The molecule has 1 amide bonds. The maximum atomic E-state index is 13.1. The van der Waals surface area contributed by atoms with Crippen LogP contribution in [0.15, 0.2) is 24.3 Å². The predicted molar refractivity (Wildman–Crippen MR) is 97.5 cm³/mol. The summed E-state index contributed by atoms with van der Waals surface area (Å²) in [6.07, 6.45) is 5.72. The molecule has 2 fully saturated rings. The van der Waals surface area contributed by atoms with Crippen molar-refractivity contribution in [2.45, 2.75) is 38.6 Å². The van der Waals surface area contributed by atoms with Crippen molar-refractivity contribution < 1.29 is 9.18 Å². The SMILES string of the molecule is O=C(C1CCCCC1)N1CCN(Cc2nnnn2-c2ccc(F)cc2)CC1. The molecule has 8 heteroatoms. The van der Waals surface area contributed by atoms with Gasteiger partial charge < -0.3 is 4.90 Å². The van der Waals surface area contributed by atoms with Crippen LogP contribution in [0.1, 0.15) is 37.9 Å². The molecule has 0 N–H and O–H groups in total. The summed E-state index contributed by atoms with van der Waals surface area (Å²) in [5, 5.41) is 11.9. The lowest BCUT2D eigenvalue weighted by Crippen LogP contribution is -2.50. The van der Waals surface area contributed by atoms with Crippen molar-refractivity contribution in [2.75, 3.05) is 26.2 Å². The van der Waals surface area contributed by atoms with Crippen LogP contribution in [0.3, 0.4) is 0 Å². The van der Waals surface area contributed by atoms with Gasteiger partial charge in [0.15, 0.2) is 5.82 Å². The Balaban J connectivity index is 1.34. The molecule has 0 bridgehead atoms. The maximum Gasteiger partial charge on any atom is 0.225 e. The van der Waals surface area contributed by atoms with Gasteiger partial charge in [-0.25, -0.2) is 4.39 Å². The van der Waals surface area contributed by atoms with Gasteiger partial charge in [0.25, 0.3) is 0 Å². The second-order valence-corrected chi connectivity index (χ2v) is 7.42. The van der Waals surface area contributed by atoms with Crippen molar-refractivity contribution in [1.29, 1.82) is 0 Å². The molecule has 1 aliphatic heterocycles. The molecule has 2 aliphatic rings. The van der Waals surface area contributed by atoms with E-state index in [1.54, 1.807) is 16.8 Å². The molecule has 4 rings (SSSR count). The zero-order chi connectivity index (χ0) is 18.6. The maximum absolute atomic E-state index is 13.1. The third-order valence-electron chi connectivity index (χ3n) is 5.61. The van der Waals surface area contributed by atoms with Gasteiger partial charge in [-0.1, -0.05) is 19.3 Å². The van der Waals surface area contributed by atoms with E-state index in [0.717, 1.165) is 44.7 Å². The van der Waals surface area contributed by atoms with E-state index in [2.05, 4.69) is 20.4 Å². The highest BCUT2D eigenvalue weighted by atomic mass is 19.1. The fourth-order valence-corrected chi connectivity index (χ4v) is 4.02. The number of nitrogens with zero attached hydrogens (tertiary/aromatic N) is 6. The number of tetrazole rings is 1. The molecule has 0 unspecified atom stereocenters. The lowest BCUT2D eigenvalue weighted by Gasteiger charge is -2.36. The number of benzene rings is 1. The highest BCUT2D eigenvalue weighted by Crippen LogP contribution is 2.26. The third kappa shape index (κ3) is 4.16. The second kappa shape index (κ2) is 8.12. The first-order valence-corrected chi connectivity index (χ1v) is 9.75. The van der Waals surface area contributed by atoms with E-state index in [1.165, 1.54) is 31.4 Å². The average Bonchev–Trinajstić information content (AvgIpc) is 3.17. The molecular formula is C19H25FN6O. The van der Waals surface area contributed by atoms with Crippen LogP contribution in [0.4, 0.5) is 4.39 Å². The lowest BCUT2D eigenvalue weighted by atomic mass is 9.88. The molecule has 1 aliphatic carbocycles. The van der Waals surface area contributed by atoms with Gasteiger partial charge in [0.2, 0.25) is 5.91 Å². The number of hydrogen-bond acceptors (Lipinski definition) is 5. The Bertz CT molecular complexity index is 763. The Labute approximate surface area is 158 Å². The summed E-state index contributed by atoms with van der Waals surface area (Å²) in [6.45, 7) is 3.75. The van der Waals surface area contributed by atoms with Gasteiger partial charge >= 0.3 is 0 Å². The Morgan fingerprint density at radius 1 is 1.04 bits per heavy atom. The topological polar surface area (TPSA) is 67.2 Å². The van der Waals surface area contributed by atoms with E-state index in [1.807, 2.05) is 4.90 Å². The fourth-order valence-electron chi connectivity index (χ4n) is 4.02. The van der Waals surface area contributed by atoms with Crippen LogP contribution in [0.5, 0.6) is 0 Å². The monoisotopic (exact) mass is 372 g/mol. The van der Waals surface area contributed by atoms with Crippen molar-refractivity contribution in [3.8, 4) is 5.69 Å². The molecule has 0 radical (unpaired) electrons. The summed E-state index contributed by atoms with van der Waals surface area (Å²) in [4.78, 5) is 17.0. The van der Waals surface area contributed by atoms with E-state index in [-0.39, 0.29) is 11.7 Å². The van der Waals surface area contributed by atoms with Crippen molar-refractivity contribution in [2.24, 2.45) is 5.92 Å². The summed E-state index contributed by atoms with van der Waals surface area (Å²) in [5.41, 5.74) is 0.738. The molecule has 1 saturated carbocycles. The van der Waals surface area contributed by atoms with Crippen LogP contribution in [-0.4, -0.2) is 62.1 Å². The normalized spacial score (nSPS) is 19.4. The molecule has 144 valence electrons. The molecular weight excluding hydrogens is 347 g/mol. The lowest BCUT2D eigenvalue weighted by molar-refractivity contribution is -0.138. The van der Waals surface area contributed by atoms with E-state index >= 15 is 0 Å². The van der Waals surface area contributed by atoms with Gasteiger partial charge in [-0.2, -0.15) is 4.68 Å². The smallest absolute Gasteiger partial charge is 0.225 e. The number of halogens is 1. The summed E-state index contributed by atoms with van der Waals surface area (Å²) < 4.78 is 14.8. The van der Waals surface area contributed by atoms with Crippen molar-refractivity contribution in [3.63, 3.8) is 0 Å². The van der Waals surface area contributed by atoms with Gasteiger partial charge in [0, 0.05) is 32.1 Å². The Hall–Kier alpha value is -2.35. The molecule has 1 saturated heterocycles. The largest absolute Gasteiger partial charge is 0.340 e. The van der Waals surface area contributed by atoms with Gasteiger partial charge in [0.05, 0.1) is 12.2 Å². The third-order valence-corrected chi connectivity index (χ3v) is 5.61. The molecule has 7 nitrogen and oxygen atoms in total. The first-order chi connectivity index (χ1) is 13.2. The second-order valence-electron chi connectivity index (χ2n) is 7.42. The van der Waals surface area contributed by atoms with E-state index in [4.69, 9.17) is 0 Å². The van der Waals surface area contributed by atoms with Crippen molar-refractivity contribution in [1.82, 2.24) is 30.0 Å². The van der Waals surface area contributed by atoms with E-state index in [9.17, 15) is 9.18 Å². The number of carbonyl (C=O) groups excluding carboxylic acids is 1. The van der Waals surface area contributed by atoms with Crippen LogP contribution in [0.2, 0.25) is 0 Å². The molecule has 2 aromatic rings. The number of aromatic nitrogens is 4. The van der Waals surface area contributed by atoms with Gasteiger partial charge in [-0.05, 0) is 47.5 Å². The minimum absolute atomic E-state index is 0.232. The number of rotatable bonds is 4. The van der Waals surface area contributed by atoms with Crippen LogP contribution in [0.25, 0.3) is 5.69 Å². The first kappa shape index (κ1) is 18.0. The van der Waals surface area contributed by atoms with Gasteiger partial charge in [-0.15, -0.1) is 5.10 Å². The van der Waals surface area contributed by atoms with Crippen molar-refractivity contribution in [3.05, 3.63) is 35.9 Å². The number of carbonyl (C=O) groups is 1. The highest BCUT2D eigenvalue weighted by molar-refractivity contribution is 5.79. The molecule has 2 heterocycles. The molecule has 1 aromatic carbocycles. The minimum Gasteiger partial charge on any atom is -0.340 e. The van der Waals surface area contributed by atoms with Crippen LogP contribution in [-0.2, 0) is 11.3 Å². The Morgan fingerprint density at radius 2 is 1.74 bits per heavy atom. The summed E-state index contributed by atoms with van der Waals surface area (Å²) >= 11 is 0. The summed E-state index contributed by atoms with van der Waals surface area (Å²) in [6, 6.07) is 6.12. The number of hydrogen-bond donors (Lipinski definition) is 0. The van der Waals surface area contributed by atoms with Crippen molar-refractivity contribution >= 4 is 5.91 Å². The van der Waals surface area contributed by atoms with Crippen LogP contribution < -0.4 is 0 Å². The zero-order valence-electron chi connectivity index (χ0n) is 15.4. The quantitative estimate of drug-likeness (QED) is 0.822. The zero-order valence-corrected chi connectivity index (χ0v) is 15.4. The average molecular weight is 372 g/mol. The summed E-state index contributed by atoms with van der Waals surface area (Å²) in [7, 11) is 0. The molecule has 1 aromatic heterocycles. The van der Waals surface area contributed by atoms with Crippen LogP contribution in [0, 0.1) is 11.7 Å². The molecule has 0 atom stereocenters. The minimum atomic E-state index is -0.285. The Morgan fingerprint density at radius 3 is 2.44 bits per heavy atom. The van der Waals surface area contributed by atoms with Crippen LogP contribution >= 0.6 is 0 Å². The fraction of sp³-hybridized carbons (Fsp3) is 0.579. The van der Waals surface area contributed by atoms with E-state index < -0.39 is 0 Å². The number of amides is 1. The summed E-state index contributed by atoms with van der Waals surface area (Å²) in [5.74, 6) is 1.00. The molecule has 27 heavy (non-hydrogen) atoms. The van der Waals surface area contributed by atoms with Gasteiger partial charge in [-0.3, -0.25) is 9.69 Å². The standard InChI is InChI=1S/C19H25FN6O/c20-16-6-8-17(9-7-16)26-18(21-22-23-26)14-24-10-12-25(13-11-24)19(27)15-4-2-1-3-5-15/h6-9,15H,1-5,10-14H2.